The Hall–Kier alpha value is -2.59. The van der Waals surface area contributed by atoms with Crippen LogP contribution in [-0.2, 0) is 0 Å². The largest absolute Gasteiger partial charge is 0.494 e. The highest BCUT2D eigenvalue weighted by Gasteiger charge is 2.11. The van der Waals surface area contributed by atoms with E-state index in [0.717, 1.165) is 48.0 Å². The van der Waals surface area contributed by atoms with Gasteiger partial charge in [0.25, 0.3) is 0 Å². The van der Waals surface area contributed by atoms with E-state index in [2.05, 4.69) is 42.2 Å². The number of hydrogen-bond donors (Lipinski definition) is 0. The van der Waals surface area contributed by atoms with Gasteiger partial charge >= 0.3 is 0 Å². The second-order valence-electron chi connectivity index (χ2n) is 7.19. The van der Waals surface area contributed by atoms with Crippen LogP contribution in [0, 0.1) is 6.92 Å². The van der Waals surface area contributed by atoms with Crippen molar-refractivity contribution in [2.24, 2.45) is 0 Å². The molecule has 1 aliphatic rings. The van der Waals surface area contributed by atoms with Crippen molar-refractivity contribution in [3.63, 3.8) is 0 Å². The Morgan fingerprint density at radius 2 is 1.70 bits per heavy atom. The van der Waals surface area contributed by atoms with Crippen LogP contribution in [-0.4, -0.2) is 40.9 Å². The Bertz CT molecular complexity index is 849. The molecule has 0 bridgehead atoms. The van der Waals surface area contributed by atoms with Gasteiger partial charge in [-0.1, -0.05) is 30.3 Å². The van der Waals surface area contributed by atoms with E-state index in [4.69, 9.17) is 9.84 Å². The number of ether oxygens (including phenoxy) is 1. The van der Waals surface area contributed by atoms with Gasteiger partial charge in [0.2, 0.25) is 0 Å². The topological polar surface area (TPSA) is 30.3 Å². The summed E-state index contributed by atoms with van der Waals surface area (Å²) in [4.78, 5) is 2.53. The molecule has 1 fully saturated rings. The number of likely N-dealkylation sites (tertiary alicyclic amines) is 1. The number of aryl methyl sites for hydroxylation is 1. The molecule has 0 unspecified atom stereocenters. The number of benzene rings is 2. The fraction of sp³-hybridized carbons (Fsp3) is 0.348. The zero-order valence-corrected chi connectivity index (χ0v) is 16.0. The molecule has 4 rings (SSSR count). The average Bonchev–Trinajstić information content (AvgIpc) is 3.36. The van der Waals surface area contributed by atoms with Crippen LogP contribution in [0.1, 0.15) is 25.0 Å². The van der Waals surface area contributed by atoms with Crippen molar-refractivity contribution >= 4 is 0 Å². The van der Waals surface area contributed by atoms with E-state index in [1.807, 2.05) is 35.0 Å². The second kappa shape index (κ2) is 8.40. The normalized spacial score (nSPS) is 14.6. The first kappa shape index (κ1) is 17.8. The second-order valence-corrected chi connectivity index (χ2v) is 7.19. The smallest absolute Gasteiger partial charge is 0.119 e. The van der Waals surface area contributed by atoms with E-state index in [9.17, 15) is 0 Å². The van der Waals surface area contributed by atoms with Gasteiger partial charge in [0, 0.05) is 17.8 Å². The SMILES string of the molecule is Cc1cc(-c2ccccc2)nn1-c1ccc(OCCCN2CCCC2)cc1. The highest BCUT2D eigenvalue weighted by atomic mass is 16.5. The number of nitrogens with zero attached hydrogens (tertiary/aromatic N) is 3. The van der Waals surface area contributed by atoms with Crippen molar-refractivity contribution in [2.45, 2.75) is 26.2 Å². The van der Waals surface area contributed by atoms with E-state index in [1.165, 1.54) is 25.9 Å². The molecule has 3 aromatic rings. The summed E-state index contributed by atoms with van der Waals surface area (Å²) >= 11 is 0. The summed E-state index contributed by atoms with van der Waals surface area (Å²) in [5, 5.41) is 4.77. The molecular weight excluding hydrogens is 334 g/mol. The van der Waals surface area contributed by atoms with Crippen LogP contribution in [0.2, 0.25) is 0 Å². The standard InChI is InChI=1S/C23H27N3O/c1-19-18-23(20-8-3-2-4-9-20)24-26(19)21-10-12-22(13-11-21)27-17-7-16-25-14-5-6-15-25/h2-4,8-13,18H,5-7,14-17H2,1H3. The molecule has 0 aliphatic carbocycles. The van der Waals surface area contributed by atoms with Gasteiger partial charge in [-0.05, 0) is 69.6 Å². The fourth-order valence-corrected chi connectivity index (χ4v) is 3.65. The summed E-state index contributed by atoms with van der Waals surface area (Å²) < 4.78 is 7.89. The van der Waals surface area contributed by atoms with Crippen molar-refractivity contribution in [1.82, 2.24) is 14.7 Å². The van der Waals surface area contributed by atoms with E-state index in [-0.39, 0.29) is 0 Å². The molecule has 4 nitrogen and oxygen atoms in total. The van der Waals surface area contributed by atoms with Gasteiger partial charge in [-0.2, -0.15) is 5.10 Å². The molecule has 0 radical (unpaired) electrons. The van der Waals surface area contributed by atoms with E-state index < -0.39 is 0 Å². The number of rotatable bonds is 7. The summed E-state index contributed by atoms with van der Waals surface area (Å²) in [5.74, 6) is 0.924. The molecular formula is C23H27N3O. The van der Waals surface area contributed by atoms with Gasteiger partial charge in [-0.15, -0.1) is 0 Å². The minimum absolute atomic E-state index is 0.773. The first-order valence-electron chi connectivity index (χ1n) is 9.87. The Labute approximate surface area is 161 Å². The Kier molecular flexibility index (Phi) is 5.54. The minimum Gasteiger partial charge on any atom is -0.494 e. The molecule has 1 aliphatic heterocycles. The quantitative estimate of drug-likeness (QED) is 0.571. The average molecular weight is 361 g/mol. The molecule has 2 heterocycles. The molecule has 1 saturated heterocycles. The van der Waals surface area contributed by atoms with E-state index in [1.54, 1.807) is 0 Å². The lowest BCUT2D eigenvalue weighted by Crippen LogP contribution is -2.21. The fourth-order valence-electron chi connectivity index (χ4n) is 3.65. The van der Waals surface area contributed by atoms with Crippen LogP contribution in [0.25, 0.3) is 16.9 Å². The Morgan fingerprint density at radius 3 is 2.44 bits per heavy atom. The lowest BCUT2D eigenvalue weighted by Gasteiger charge is -2.14. The number of aromatic nitrogens is 2. The van der Waals surface area contributed by atoms with Gasteiger partial charge in [0.15, 0.2) is 0 Å². The van der Waals surface area contributed by atoms with Crippen molar-refractivity contribution in [1.29, 1.82) is 0 Å². The van der Waals surface area contributed by atoms with Crippen LogP contribution >= 0.6 is 0 Å². The zero-order chi connectivity index (χ0) is 18.5. The van der Waals surface area contributed by atoms with Crippen molar-refractivity contribution < 1.29 is 4.74 Å². The van der Waals surface area contributed by atoms with Crippen LogP contribution in [0.15, 0.2) is 60.7 Å². The first-order chi connectivity index (χ1) is 13.3. The molecule has 0 saturated carbocycles. The third-order valence-electron chi connectivity index (χ3n) is 5.12. The maximum absolute atomic E-state index is 5.91. The van der Waals surface area contributed by atoms with Gasteiger partial charge < -0.3 is 9.64 Å². The molecule has 0 spiro atoms. The maximum atomic E-state index is 5.91. The van der Waals surface area contributed by atoms with Gasteiger partial charge in [-0.25, -0.2) is 4.68 Å². The van der Waals surface area contributed by atoms with Gasteiger partial charge in [0.1, 0.15) is 5.75 Å². The van der Waals surface area contributed by atoms with E-state index in [0.29, 0.717) is 0 Å². The summed E-state index contributed by atoms with van der Waals surface area (Å²) in [6.07, 6.45) is 3.78. The third-order valence-corrected chi connectivity index (χ3v) is 5.12. The lowest BCUT2D eigenvalue weighted by molar-refractivity contribution is 0.263. The van der Waals surface area contributed by atoms with Crippen LogP contribution in [0.4, 0.5) is 0 Å². The Balaban J connectivity index is 1.36. The summed E-state index contributed by atoms with van der Waals surface area (Å²) in [7, 11) is 0. The lowest BCUT2D eigenvalue weighted by atomic mass is 10.1. The molecule has 4 heteroatoms. The summed E-state index contributed by atoms with van der Waals surface area (Å²) in [6.45, 7) is 6.51. The highest BCUT2D eigenvalue weighted by molar-refractivity contribution is 5.59. The van der Waals surface area contributed by atoms with Gasteiger partial charge in [0.05, 0.1) is 18.0 Å². The monoisotopic (exact) mass is 361 g/mol. The van der Waals surface area contributed by atoms with Crippen molar-refractivity contribution in [3.8, 4) is 22.7 Å². The highest BCUT2D eigenvalue weighted by Crippen LogP contribution is 2.22. The molecule has 1 aromatic heterocycles. The molecule has 2 aromatic carbocycles. The van der Waals surface area contributed by atoms with Crippen LogP contribution < -0.4 is 4.74 Å². The molecule has 27 heavy (non-hydrogen) atoms. The van der Waals surface area contributed by atoms with Crippen LogP contribution in [0.5, 0.6) is 5.75 Å². The molecule has 0 N–H and O–H groups in total. The number of hydrogen-bond acceptors (Lipinski definition) is 3. The third kappa shape index (κ3) is 4.40. The van der Waals surface area contributed by atoms with Crippen molar-refractivity contribution in [2.75, 3.05) is 26.2 Å². The maximum Gasteiger partial charge on any atom is 0.119 e. The Morgan fingerprint density at radius 1 is 0.963 bits per heavy atom. The molecule has 0 amide bonds. The van der Waals surface area contributed by atoms with E-state index >= 15 is 0 Å². The zero-order valence-electron chi connectivity index (χ0n) is 16.0. The minimum atomic E-state index is 0.773. The summed E-state index contributed by atoms with van der Waals surface area (Å²) in [6, 6.07) is 20.6. The molecule has 0 atom stereocenters. The first-order valence-corrected chi connectivity index (χ1v) is 9.87. The van der Waals surface area contributed by atoms with Crippen LogP contribution in [0.3, 0.4) is 0 Å². The summed E-state index contributed by atoms with van der Waals surface area (Å²) in [5.41, 5.74) is 4.31. The van der Waals surface area contributed by atoms with Gasteiger partial charge in [-0.3, -0.25) is 0 Å². The predicted molar refractivity (Wildman–Crippen MR) is 110 cm³/mol. The predicted octanol–water partition coefficient (Wildman–Crippen LogP) is 4.71. The van der Waals surface area contributed by atoms with Crippen molar-refractivity contribution in [3.05, 3.63) is 66.4 Å². The molecule has 140 valence electrons.